The van der Waals surface area contributed by atoms with Gasteiger partial charge >= 0.3 is 5.97 Å². The standard InChI is InChI=1S/C24H27N3O3/c1-4-13-26(14-5-2)20-11-9-18(10-12-20)15-22-17(3)25-27(23(22)28)21-8-6-7-19(16-21)24(29)30/h6-12,15-16H,4-5,13-14H2,1-3H3,(H,29,30)/b22-15-. The van der Waals surface area contributed by atoms with Crippen LogP contribution < -0.4 is 9.91 Å². The van der Waals surface area contributed by atoms with Crippen molar-refractivity contribution in [3.05, 3.63) is 65.2 Å². The Hall–Kier alpha value is -3.41. The number of hydrogen-bond acceptors (Lipinski definition) is 4. The molecule has 0 saturated carbocycles. The van der Waals surface area contributed by atoms with Crippen molar-refractivity contribution in [3.63, 3.8) is 0 Å². The molecule has 0 aliphatic carbocycles. The van der Waals surface area contributed by atoms with E-state index in [1.54, 1.807) is 19.1 Å². The summed E-state index contributed by atoms with van der Waals surface area (Å²) >= 11 is 0. The van der Waals surface area contributed by atoms with Gasteiger partial charge in [0.2, 0.25) is 0 Å². The summed E-state index contributed by atoms with van der Waals surface area (Å²) in [6.45, 7) is 8.16. The van der Waals surface area contributed by atoms with Crippen LogP contribution in [0.2, 0.25) is 0 Å². The van der Waals surface area contributed by atoms with E-state index in [1.807, 2.05) is 18.2 Å². The second-order valence-corrected chi connectivity index (χ2v) is 7.29. The molecule has 1 amide bonds. The Morgan fingerprint density at radius 2 is 1.77 bits per heavy atom. The first-order valence-corrected chi connectivity index (χ1v) is 10.2. The quantitative estimate of drug-likeness (QED) is 0.639. The van der Waals surface area contributed by atoms with Gasteiger partial charge in [-0.15, -0.1) is 0 Å². The topological polar surface area (TPSA) is 73.2 Å². The Bertz CT molecular complexity index is 987. The summed E-state index contributed by atoms with van der Waals surface area (Å²) in [6.07, 6.45) is 4.01. The lowest BCUT2D eigenvalue weighted by atomic mass is 10.1. The Morgan fingerprint density at radius 3 is 2.37 bits per heavy atom. The number of carboxylic acids is 1. The fourth-order valence-electron chi connectivity index (χ4n) is 3.49. The van der Waals surface area contributed by atoms with E-state index in [2.05, 4.69) is 36.0 Å². The van der Waals surface area contributed by atoms with Crippen LogP contribution in [-0.4, -0.2) is 35.8 Å². The third kappa shape index (κ3) is 4.59. The van der Waals surface area contributed by atoms with E-state index in [-0.39, 0.29) is 11.5 Å². The number of rotatable bonds is 8. The number of amides is 1. The molecule has 0 saturated heterocycles. The molecular formula is C24H27N3O3. The normalized spacial score (nSPS) is 14.9. The number of anilines is 2. The van der Waals surface area contributed by atoms with E-state index < -0.39 is 5.97 Å². The van der Waals surface area contributed by atoms with Crippen molar-refractivity contribution in [1.29, 1.82) is 0 Å². The van der Waals surface area contributed by atoms with Crippen LogP contribution in [0.3, 0.4) is 0 Å². The van der Waals surface area contributed by atoms with E-state index in [9.17, 15) is 14.7 Å². The van der Waals surface area contributed by atoms with Crippen LogP contribution in [0, 0.1) is 0 Å². The Balaban J connectivity index is 1.83. The monoisotopic (exact) mass is 405 g/mol. The molecule has 1 aliphatic heterocycles. The average Bonchev–Trinajstić information content (AvgIpc) is 3.02. The van der Waals surface area contributed by atoms with E-state index in [0.29, 0.717) is 17.0 Å². The maximum atomic E-state index is 12.9. The first-order chi connectivity index (χ1) is 14.4. The zero-order chi connectivity index (χ0) is 21.7. The first-order valence-electron chi connectivity index (χ1n) is 10.2. The van der Waals surface area contributed by atoms with Gasteiger partial charge in [-0.05, 0) is 61.7 Å². The molecular weight excluding hydrogens is 378 g/mol. The number of carbonyl (C=O) groups excluding carboxylic acids is 1. The first kappa shape index (κ1) is 21.3. The van der Waals surface area contributed by atoms with Crippen LogP contribution in [0.4, 0.5) is 11.4 Å². The van der Waals surface area contributed by atoms with E-state index in [0.717, 1.165) is 31.5 Å². The van der Waals surface area contributed by atoms with Crippen LogP contribution in [0.15, 0.2) is 59.2 Å². The fraction of sp³-hybridized carbons (Fsp3) is 0.292. The third-order valence-corrected chi connectivity index (χ3v) is 4.96. The summed E-state index contributed by atoms with van der Waals surface area (Å²) in [5.74, 6) is -1.31. The van der Waals surface area contributed by atoms with Crippen LogP contribution in [0.25, 0.3) is 6.08 Å². The molecule has 0 atom stereocenters. The van der Waals surface area contributed by atoms with Crippen LogP contribution in [0.1, 0.15) is 49.5 Å². The van der Waals surface area contributed by atoms with Crippen molar-refractivity contribution >= 4 is 35.0 Å². The van der Waals surface area contributed by atoms with E-state index >= 15 is 0 Å². The second-order valence-electron chi connectivity index (χ2n) is 7.29. The summed E-state index contributed by atoms with van der Waals surface area (Å²) < 4.78 is 0. The highest BCUT2D eigenvalue weighted by molar-refractivity contribution is 6.32. The number of carbonyl (C=O) groups is 2. The number of carboxylic acid groups (broad SMARTS) is 1. The highest BCUT2D eigenvalue weighted by Crippen LogP contribution is 2.26. The summed E-state index contributed by atoms with van der Waals surface area (Å²) in [5, 5.41) is 14.8. The minimum Gasteiger partial charge on any atom is -0.478 e. The fourth-order valence-corrected chi connectivity index (χ4v) is 3.49. The number of benzene rings is 2. The molecule has 156 valence electrons. The molecule has 0 aromatic heterocycles. The lowest BCUT2D eigenvalue weighted by Gasteiger charge is -2.23. The predicted molar refractivity (Wildman–Crippen MR) is 121 cm³/mol. The van der Waals surface area contributed by atoms with Gasteiger partial charge in [-0.3, -0.25) is 4.79 Å². The van der Waals surface area contributed by atoms with Gasteiger partial charge < -0.3 is 10.0 Å². The number of aromatic carboxylic acids is 1. The minimum absolute atomic E-state index is 0.116. The summed E-state index contributed by atoms with van der Waals surface area (Å²) in [4.78, 5) is 26.5. The van der Waals surface area contributed by atoms with Crippen LogP contribution >= 0.6 is 0 Å². The molecule has 30 heavy (non-hydrogen) atoms. The van der Waals surface area contributed by atoms with Crippen molar-refractivity contribution in [1.82, 2.24) is 0 Å². The maximum absolute atomic E-state index is 12.9. The van der Waals surface area contributed by atoms with Gasteiger partial charge in [0, 0.05) is 18.8 Å². The van der Waals surface area contributed by atoms with Gasteiger partial charge in [-0.1, -0.05) is 32.0 Å². The summed E-state index contributed by atoms with van der Waals surface area (Å²) in [6, 6.07) is 14.4. The van der Waals surface area contributed by atoms with Gasteiger partial charge in [0.05, 0.1) is 22.5 Å². The van der Waals surface area contributed by atoms with E-state index in [4.69, 9.17) is 0 Å². The molecule has 0 bridgehead atoms. The molecule has 2 aromatic carbocycles. The van der Waals surface area contributed by atoms with Gasteiger partial charge in [0.15, 0.2) is 0 Å². The van der Waals surface area contributed by atoms with Crippen molar-refractivity contribution in [2.24, 2.45) is 5.10 Å². The molecule has 0 spiro atoms. The number of hydrogen-bond donors (Lipinski definition) is 1. The SMILES string of the molecule is CCCN(CCC)c1ccc(/C=C2\C(=O)N(c3cccc(C(=O)O)c3)N=C2C)cc1. The van der Waals surface area contributed by atoms with Crippen LogP contribution in [0.5, 0.6) is 0 Å². The van der Waals surface area contributed by atoms with Crippen molar-refractivity contribution in [2.75, 3.05) is 23.0 Å². The lowest BCUT2D eigenvalue weighted by molar-refractivity contribution is -0.114. The molecule has 0 radical (unpaired) electrons. The summed E-state index contributed by atoms with van der Waals surface area (Å²) in [7, 11) is 0. The largest absolute Gasteiger partial charge is 0.478 e. The zero-order valence-corrected chi connectivity index (χ0v) is 17.6. The molecule has 1 aliphatic rings. The Labute approximate surface area is 177 Å². The molecule has 6 nitrogen and oxygen atoms in total. The molecule has 6 heteroatoms. The molecule has 3 rings (SSSR count). The molecule has 2 aromatic rings. The number of nitrogens with zero attached hydrogens (tertiary/aromatic N) is 3. The van der Waals surface area contributed by atoms with Gasteiger partial charge in [-0.25, -0.2) is 4.79 Å². The lowest BCUT2D eigenvalue weighted by Crippen LogP contribution is -2.24. The van der Waals surface area contributed by atoms with E-state index in [1.165, 1.54) is 22.8 Å². The van der Waals surface area contributed by atoms with Gasteiger partial charge in [0.25, 0.3) is 5.91 Å². The highest BCUT2D eigenvalue weighted by atomic mass is 16.4. The predicted octanol–water partition coefficient (Wildman–Crippen LogP) is 4.82. The molecule has 1 N–H and O–H groups in total. The van der Waals surface area contributed by atoms with Crippen molar-refractivity contribution in [3.8, 4) is 0 Å². The van der Waals surface area contributed by atoms with Crippen molar-refractivity contribution in [2.45, 2.75) is 33.6 Å². The van der Waals surface area contributed by atoms with Crippen LogP contribution in [-0.2, 0) is 4.79 Å². The zero-order valence-electron chi connectivity index (χ0n) is 17.6. The average molecular weight is 405 g/mol. The van der Waals surface area contributed by atoms with Gasteiger partial charge in [-0.2, -0.15) is 10.1 Å². The van der Waals surface area contributed by atoms with Gasteiger partial charge in [0.1, 0.15) is 0 Å². The summed E-state index contributed by atoms with van der Waals surface area (Å²) in [5.41, 5.74) is 3.75. The molecule has 0 fully saturated rings. The third-order valence-electron chi connectivity index (χ3n) is 4.96. The number of hydrazone groups is 1. The smallest absolute Gasteiger partial charge is 0.335 e. The Morgan fingerprint density at radius 1 is 1.10 bits per heavy atom. The molecule has 1 heterocycles. The maximum Gasteiger partial charge on any atom is 0.335 e. The molecule has 0 unspecified atom stereocenters. The second kappa shape index (κ2) is 9.39. The highest BCUT2D eigenvalue weighted by Gasteiger charge is 2.29. The van der Waals surface area contributed by atoms with Crippen molar-refractivity contribution < 1.29 is 14.7 Å². The minimum atomic E-state index is -1.04. The Kier molecular flexibility index (Phi) is 6.67.